The Balaban J connectivity index is 2.19. The van der Waals surface area contributed by atoms with Crippen LogP contribution in [0.3, 0.4) is 0 Å². The standard InChI is InChI=1S/C24H22O8S/c1-28-16-11-10-15-21(25)20-18(30-3)12-17(29-2)19(24(20)32-22(15)23(16)31-4)13-6-8-14(9-7-13)33(5,26)27/h6-12H,1-5H3. The first kappa shape index (κ1) is 22.5. The predicted molar refractivity (Wildman–Crippen MR) is 125 cm³/mol. The maximum absolute atomic E-state index is 13.5. The summed E-state index contributed by atoms with van der Waals surface area (Å²) in [4.78, 5) is 13.7. The fourth-order valence-corrected chi connectivity index (χ4v) is 4.44. The molecule has 0 aliphatic heterocycles. The van der Waals surface area contributed by atoms with Gasteiger partial charge in [0.15, 0.2) is 26.8 Å². The maximum atomic E-state index is 13.5. The first-order chi connectivity index (χ1) is 15.7. The Bertz CT molecular complexity index is 1530. The maximum Gasteiger partial charge on any atom is 0.204 e. The summed E-state index contributed by atoms with van der Waals surface area (Å²) >= 11 is 0. The van der Waals surface area contributed by atoms with Crippen LogP contribution in [0.4, 0.5) is 0 Å². The van der Waals surface area contributed by atoms with E-state index in [4.69, 9.17) is 23.4 Å². The fourth-order valence-electron chi connectivity index (χ4n) is 3.81. The number of fused-ring (bicyclic) bond motifs is 2. The molecule has 0 unspecified atom stereocenters. The van der Waals surface area contributed by atoms with E-state index >= 15 is 0 Å². The Morgan fingerprint density at radius 1 is 0.758 bits per heavy atom. The molecule has 4 aromatic rings. The lowest BCUT2D eigenvalue weighted by Crippen LogP contribution is -2.07. The number of sulfone groups is 1. The van der Waals surface area contributed by atoms with Crippen molar-refractivity contribution in [2.75, 3.05) is 34.7 Å². The summed E-state index contributed by atoms with van der Waals surface area (Å²) in [5.41, 5.74) is 1.16. The van der Waals surface area contributed by atoms with Gasteiger partial charge in [-0.3, -0.25) is 4.79 Å². The minimum absolute atomic E-state index is 0.168. The van der Waals surface area contributed by atoms with Gasteiger partial charge in [-0.05, 0) is 29.8 Å². The van der Waals surface area contributed by atoms with Gasteiger partial charge < -0.3 is 23.4 Å². The van der Waals surface area contributed by atoms with Gasteiger partial charge in [-0.2, -0.15) is 0 Å². The van der Waals surface area contributed by atoms with Crippen molar-refractivity contribution in [2.45, 2.75) is 4.90 Å². The highest BCUT2D eigenvalue weighted by Crippen LogP contribution is 2.44. The van der Waals surface area contributed by atoms with Crippen molar-refractivity contribution in [3.05, 3.63) is 52.7 Å². The summed E-state index contributed by atoms with van der Waals surface area (Å²) < 4.78 is 52.0. The average molecular weight is 470 g/mol. The van der Waals surface area contributed by atoms with Crippen molar-refractivity contribution in [3.63, 3.8) is 0 Å². The highest BCUT2D eigenvalue weighted by atomic mass is 32.2. The molecule has 0 bridgehead atoms. The van der Waals surface area contributed by atoms with Crippen molar-refractivity contribution in [2.24, 2.45) is 0 Å². The Morgan fingerprint density at radius 2 is 1.39 bits per heavy atom. The third kappa shape index (κ3) is 3.64. The van der Waals surface area contributed by atoms with Gasteiger partial charge in [0, 0.05) is 12.3 Å². The van der Waals surface area contributed by atoms with E-state index in [9.17, 15) is 13.2 Å². The molecular weight excluding hydrogens is 448 g/mol. The predicted octanol–water partition coefficient (Wildman–Crippen LogP) is 4.05. The Morgan fingerprint density at radius 3 is 1.94 bits per heavy atom. The van der Waals surface area contributed by atoms with E-state index in [1.807, 2.05) is 0 Å². The third-order valence-corrected chi connectivity index (χ3v) is 6.52. The minimum atomic E-state index is -3.38. The van der Waals surface area contributed by atoms with Crippen LogP contribution in [-0.2, 0) is 9.84 Å². The molecule has 0 atom stereocenters. The van der Waals surface area contributed by atoms with Crippen molar-refractivity contribution in [1.82, 2.24) is 0 Å². The van der Waals surface area contributed by atoms with Crippen LogP contribution in [0.5, 0.6) is 23.0 Å². The summed E-state index contributed by atoms with van der Waals surface area (Å²) in [6, 6.07) is 11.1. The first-order valence-corrected chi connectivity index (χ1v) is 11.7. The molecule has 8 nitrogen and oxygen atoms in total. The van der Waals surface area contributed by atoms with Crippen LogP contribution >= 0.6 is 0 Å². The molecular formula is C24H22O8S. The molecule has 0 saturated carbocycles. The van der Waals surface area contributed by atoms with Crippen molar-refractivity contribution >= 4 is 31.8 Å². The first-order valence-electron chi connectivity index (χ1n) is 9.82. The molecule has 0 N–H and O–H groups in total. The van der Waals surface area contributed by atoms with Crippen LogP contribution in [0.2, 0.25) is 0 Å². The highest BCUT2D eigenvalue weighted by molar-refractivity contribution is 7.90. The smallest absolute Gasteiger partial charge is 0.204 e. The Labute approximate surface area is 190 Å². The topological polar surface area (TPSA) is 101 Å². The van der Waals surface area contributed by atoms with Crippen LogP contribution in [0, 0.1) is 0 Å². The molecule has 9 heteroatoms. The van der Waals surface area contributed by atoms with E-state index in [-0.39, 0.29) is 38.4 Å². The molecule has 0 aliphatic rings. The zero-order chi connectivity index (χ0) is 23.9. The number of ether oxygens (including phenoxy) is 4. The number of methoxy groups -OCH3 is 4. The second kappa shape index (κ2) is 8.32. The molecule has 0 saturated heterocycles. The molecule has 0 amide bonds. The van der Waals surface area contributed by atoms with E-state index < -0.39 is 9.84 Å². The number of hydrogen-bond donors (Lipinski definition) is 0. The monoisotopic (exact) mass is 470 g/mol. The number of rotatable bonds is 6. The molecule has 1 heterocycles. The second-order valence-electron chi connectivity index (χ2n) is 7.27. The average Bonchev–Trinajstić information content (AvgIpc) is 2.81. The molecule has 172 valence electrons. The van der Waals surface area contributed by atoms with Gasteiger partial charge in [0.1, 0.15) is 16.9 Å². The van der Waals surface area contributed by atoms with Crippen LogP contribution < -0.4 is 24.4 Å². The lowest BCUT2D eigenvalue weighted by atomic mass is 9.99. The van der Waals surface area contributed by atoms with Gasteiger partial charge in [-0.25, -0.2) is 8.42 Å². The van der Waals surface area contributed by atoms with E-state index in [0.717, 1.165) is 6.26 Å². The normalized spacial score (nSPS) is 11.5. The van der Waals surface area contributed by atoms with Crippen LogP contribution in [0.25, 0.3) is 33.1 Å². The third-order valence-electron chi connectivity index (χ3n) is 5.40. The molecule has 4 rings (SSSR count). The lowest BCUT2D eigenvalue weighted by Gasteiger charge is -2.16. The minimum Gasteiger partial charge on any atom is -0.496 e. The molecule has 0 spiro atoms. The van der Waals surface area contributed by atoms with Crippen LogP contribution in [0.1, 0.15) is 0 Å². The van der Waals surface area contributed by atoms with Crippen LogP contribution in [-0.4, -0.2) is 43.1 Å². The molecule has 33 heavy (non-hydrogen) atoms. The molecule has 0 aliphatic carbocycles. The zero-order valence-corrected chi connectivity index (χ0v) is 19.5. The SMILES string of the molecule is COc1ccc2c(=O)c3c(OC)cc(OC)c(-c4ccc(S(C)(=O)=O)cc4)c3oc2c1OC. The lowest BCUT2D eigenvalue weighted by molar-refractivity contribution is 0.354. The summed E-state index contributed by atoms with van der Waals surface area (Å²) in [5.74, 6) is 1.34. The molecule has 0 fully saturated rings. The van der Waals surface area contributed by atoms with Gasteiger partial charge in [-0.15, -0.1) is 0 Å². The summed E-state index contributed by atoms with van der Waals surface area (Å²) in [6.45, 7) is 0. The summed E-state index contributed by atoms with van der Waals surface area (Å²) in [5, 5.41) is 0.516. The Hall–Kier alpha value is -3.72. The van der Waals surface area contributed by atoms with Crippen molar-refractivity contribution < 1.29 is 31.8 Å². The largest absolute Gasteiger partial charge is 0.496 e. The van der Waals surface area contributed by atoms with E-state index in [1.165, 1.54) is 40.6 Å². The molecule has 0 radical (unpaired) electrons. The highest BCUT2D eigenvalue weighted by Gasteiger charge is 2.24. The van der Waals surface area contributed by atoms with E-state index in [0.29, 0.717) is 28.0 Å². The van der Waals surface area contributed by atoms with Crippen molar-refractivity contribution in [1.29, 1.82) is 0 Å². The molecule has 3 aromatic carbocycles. The molecule has 1 aromatic heterocycles. The van der Waals surface area contributed by atoms with Gasteiger partial charge in [0.25, 0.3) is 0 Å². The second-order valence-corrected chi connectivity index (χ2v) is 9.28. The zero-order valence-electron chi connectivity index (χ0n) is 18.7. The number of benzene rings is 3. The van der Waals surface area contributed by atoms with Gasteiger partial charge in [0.05, 0.1) is 44.3 Å². The number of hydrogen-bond acceptors (Lipinski definition) is 8. The van der Waals surface area contributed by atoms with Crippen LogP contribution in [0.15, 0.2) is 56.6 Å². The quantitative estimate of drug-likeness (QED) is 0.389. The van der Waals surface area contributed by atoms with E-state index in [1.54, 1.807) is 30.3 Å². The van der Waals surface area contributed by atoms with Gasteiger partial charge in [-0.1, -0.05) is 12.1 Å². The fraction of sp³-hybridized carbons (Fsp3) is 0.208. The summed E-state index contributed by atoms with van der Waals surface area (Å²) in [7, 11) is 2.50. The van der Waals surface area contributed by atoms with Gasteiger partial charge in [0.2, 0.25) is 11.2 Å². The van der Waals surface area contributed by atoms with Gasteiger partial charge >= 0.3 is 0 Å². The van der Waals surface area contributed by atoms with E-state index in [2.05, 4.69) is 0 Å². The van der Waals surface area contributed by atoms with Crippen molar-refractivity contribution in [3.8, 4) is 34.1 Å². The Kier molecular flexibility index (Phi) is 5.67. The summed E-state index contributed by atoms with van der Waals surface area (Å²) in [6.07, 6.45) is 1.14.